The Kier molecular flexibility index (Phi) is 2.83. The molecule has 0 aromatic heterocycles. The van der Waals surface area contributed by atoms with Crippen LogP contribution in [0.15, 0.2) is 0 Å². The SMILES string of the molecule is C[SiH]1[SiH2][SiH2]O[Si](C)(C)[Si]1(C)C. The van der Waals surface area contributed by atoms with Crippen LogP contribution in [0.5, 0.6) is 0 Å². The standard InChI is InChI=1S/C5H20OSi5/c1-9-8-7-6-10(2,3)11(9,4)5/h9H,7-8H2,1-5H3. The monoisotopic (exact) mass is 236 g/mol. The fourth-order valence-corrected chi connectivity index (χ4v) is 99.9. The molecule has 1 aliphatic heterocycles. The molecule has 66 valence electrons. The highest BCUT2D eigenvalue weighted by Crippen LogP contribution is 2.24. The summed E-state index contributed by atoms with van der Waals surface area (Å²) in [5, 5.41) is 0. The first-order valence-electron chi connectivity index (χ1n) is 4.52. The number of hydrogen-bond acceptors (Lipinski definition) is 1. The van der Waals surface area contributed by atoms with E-state index in [9.17, 15) is 0 Å². The first-order valence-corrected chi connectivity index (χ1v) is 22.2. The fourth-order valence-electron chi connectivity index (χ4n) is 1.63. The number of rotatable bonds is 0. The second-order valence-corrected chi connectivity index (χ2v) is 46.0. The Labute approximate surface area is 77.6 Å². The van der Waals surface area contributed by atoms with Crippen LogP contribution in [0.1, 0.15) is 0 Å². The molecule has 1 heterocycles. The average molecular weight is 237 g/mol. The van der Waals surface area contributed by atoms with Gasteiger partial charge < -0.3 is 4.12 Å². The van der Waals surface area contributed by atoms with Gasteiger partial charge in [-0.15, -0.1) is 0 Å². The topological polar surface area (TPSA) is 9.23 Å². The molecule has 0 aromatic carbocycles. The van der Waals surface area contributed by atoms with Gasteiger partial charge in [0.05, 0.1) is 7.11 Å². The highest BCUT2D eigenvalue weighted by atomic mass is 29.9. The molecular weight excluding hydrogens is 216 g/mol. The Morgan fingerprint density at radius 3 is 2.09 bits per heavy atom. The van der Waals surface area contributed by atoms with Crippen LogP contribution in [0, 0.1) is 0 Å². The minimum Gasteiger partial charge on any atom is -0.466 e. The molecular formula is C5H20OSi5. The van der Waals surface area contributed by atoms with Gasteiger partial charge in [0.2, 0.25) is 0 Å². The van der Waals surface area contributed by atoms with Gasteiger partial charge in [0.15, 0.2) is 7.83 Å². The Balaban J connectivity index is 2.82. The highest BCUT2D eigenvalue weighted by Gasteiger charge is 2.49. The van der Waals surface area contributed by atoms with Crippen LogP contribution in [-0.2, 0) is 4.12 Å². The summed E-state index contributed by atoms with van der Waals surface area (Å²) in [4.78, 5) is 0. The number of hydrogen-bond donors (Lipinski definition) is 0. The lowest BCUT2D eigenvalue weighted by Gasteiger charge is -2.46. The Morgan fingerprint density at radius 1 is 1.18 bits per heavy atom. The van der Waals surface area contributed by atoms with Gasteiger partial charge in [-0.25, -0.2) is 0 Å². The Hall–Kier alpha value is 1.04. The largest absolute Gasteiger partial charge is 0.466 e. The predicted octanol–water partition coefficient (Wildman–Crippen LogP) is -0.392. The lowest BCUT2D eigenvalue weighted by atomic mass is 11.9. The summed E-state index contributed by atoms with van der Waals surface area (Å²) in [6, 6.07) is 0. The van der Waals surface area contributed by atoms with E-state index in [1.807, 2.05) is 0 Å². The first-order chi connectivity index (χ1) is 4.88. The maximum atomic E-state index is 6.19. The summed E-state index contributed by atoms with van der Waals surface area (Å²) in [5.41, 5.74) is 0. The molecule has 1 fully saturated rings. The van der Waals surface area contributed by atoms with Crippen molar-refractivity contribution in [3.63, 3.8) is 0 Å². The van der Waals surface area contributed by atoms with Crippen molar-refractivity contribution in [1.82, 2.24) is 0 Å². The summed E-state index contributed by atoms with van der Waals surface area (Å²) in [7, 11) is -1.51. The van der Waals surface area contributed by atoms with Crippen molar-refractivity contribution in [2.75, 3.05) is 0 Å². The molecule has 0 spiro atoms. The molecule has 0 saturated carbocycles. The van der Waals surface area contributed by atoms with E-state index in [1.165, 1.54) is 0 Å². The maximum Gasteiger partial charge on any atom is 0.156 e. The molecule has 0 amide bonds. The molecule has 0 N–H and O–H groups in total. The first kappa shape index (κ1) is 10.1. The molecule has 1 atom stereocenters. The van der Waals surface area contributed by atoms with Crippen LogP contribution in [0.4, 0.5) is 0 Å². The Morgan fingerprint density at radius 2 is 1.73 bits per heavy atom. The van der Waals surface area contributed by atoms with E-state index < -0.39 is 14.9 Å². The Bertz CT molecular complexity index is 157. The van der Waals surface area contributed by atoms with Crippen molar-refractivity contribution >= 4 is 40.6 Å². The molecule has 1 aliphatic rings. The van der Waals surface area contributed by atoms with Crippen LogP contribution in [0.25, 0.3) is 0 Å². The molecule has 0 bridgehead atoms. The second kappa shape index (κ2) is 3.07. The molecule has 1 saturated heterocycles. The molecule has 11 heavy (non-hydrogen) atoms. The third kappa shape index (κ3) is 1.70. The van der Waals surface area contributed by atoms with Crippen molar-refractivity contribution in [3.8, 4) is 0 Å². The molecule has 6 heteroatoms. The lowest BCUT2D eigenvalue weighted by molar-refractivity contribution is 0.625. The van der Waals surface area contributed by atoms with E-state index in [2.05, 4.69) is 32.7 Å². The molecule has 1 nitrogen and oxygen atoms in total. The minimum atomic E-state index is -1.08. The van der Waals surface area contributed by atoms with Crippen LogP contribution in [0.3, 0.4) is 0 Å². The van der Waals surface area contributed by atoms with Gasteiger partial charge in [-0.1, -0.05) is 19.6 Å². The van der Waals surface area contributed by atoms with Gasteiger partial charge in [0, 0.05) is 16.4 Å². The molecule has 1 unspecified atom stereocenters. The summed E-state index contributed by atoms with van der Waals surface area (Å²) in [6.07, 6.45) is 0. The third-order valence-electron chi connectivity index (χ3n) is 3.80. The van der Waals surface area contributed by atoms with E-state index >= 15 is 0 Å². The lowest BCUT2D eigenvalue weighted by Crippen LogP contribution is -2.72. The van der Waals surface area contributed by atoms with Crippen LogP contribution >= 0.6 is 0 Å². The van der Waals surface area contributed by atoms with E-state index in [4.69, 9.17) is 4.12 Å². The van der Waals surface area contributed by atoms with Gasteiger partial charge in [-0.2, -0.15) is 0 Å². The van der Waals surface area contributed by atoms with Crippen molar-refractivity contribution in [1.29, 1.82) is 0 Å². The van der Waals surface area contributed by atoms with E-state index in [0.29, 0.717) is 8.55 Å². The normalized spacial score (nSPS) is 39.5. The van der Waals surface area contributed by atoms with Crippen molar-refractivity contribution in [2.45, 2.75) is 32.7 Å². The highest BCUT2D eigenvalue weighted by molar-refractivity contribution is 7.78. The summed E-state index contributed by atoms with van der Waals surface area (Å²) >= 11 is 0. The van der Waals surface area contributed by atoms with Gasteiger partial charge in [0.1, 0.15) is 9.28 Å². The van der Waals surface area contributed by atoms with Crippen LogP contribution in [-0.4, -0.2) is 40.6 Å². The molecule has 0 aromatic rings. The third-order valence-corrected chi connectivity index (χ3v) is 78.6. The minimum absolute atomic E-state index is 0.0851. The molecule has 0 aliphatic carbocycles. The second-order valence-electron chi connectivity index (χ2n) is 4.77. The van der Waals surface area contributed by atoms with Crippen LogP contribution in [0.2, 0.25) is 32.7 Å². The van der Waals surface area contributed by atoms with Gasteiger partial charge in [-0.3, -0.25) is 0 Å². The van der Waals surface area contributed by atoms with Crippen molar-refractivity contribution in [3.05, 3.63) is 0 Å². The van der Waals surface area contributed by atoms with Gasteiger partial charge in [0.25, 0.3) is 0 Å². The summed E-state index contributed by atoms with van der Waals surface area (Å²) < 4.78 is 6.19. The van der Waals surface area contributed by atoms with Crippen molar-refractivity contribution < 1.29 is 4.12 Å². The quantitative estimate of drug-likeness (QED) is 0.521. The average Bonchev–Trinajstić information content (AvgIpc) is 1.84. The van der Waals surface area contributed by atoms with E-state index in [1.54, 1.807) is 0 Å². The zero-order chi connectivity index (χ0) is 8.70. The van der Waals surface area contributed by atoms with E-state index in [0.717, 1.165) is 0 Å². The van der Waals surface area contributed by atoms with Gasteiger partial charge >= 0.3 is 0 Å². The zero-order valence-electron chi connectivity index (χ0n) is 8.40. The predicted molar refractivity (Wildman–Crippen MR) is 66.2 cm³/mol. The van der Waals surface area contributed by atoms with Crippen molar-refractivity contribution in [2.24, 2.45) is 0 Å². The smallest absolute Gasteiger partial charge is 0.156 e. The summed E-state index contributed by atoms with van der Waals surface area (Å²) in [5.74, 6) is 0. The molecule has 1 rings (SSSR count). The maximum absolute atomic E-state index is 6.19. The van der Waals surface area contributed by atoms with Gasteiger partial charge in [-0.05, 0) is 13.1 Å². The fraction of sp³-hybridized carbons (Fsp3) is 1.00. The van der Waals surface area contributed by atoms with E-state index in [-0.39, 0.29) is 17.1 Å². The van der Waals surface area contributed by atoms with Crippen LogP contribution < -0.4 is 0 Å². The zero-order valence-corrected chi connectivity index (χ0v) is 14.4. The summed E-state index contributed by atoms with van der Waals surface area (Å²) in [6.45, 7) is 12.9. The molecule has 0 radical (unpaired) electrons.